The first-order valence-corrected chi connectivity index (χ1v) is 13.2. The van der Waals surface area contributed by atoms with E-state index in [4.69, 9.17) is 18.9 Å². The summed E-state index contributed by atoms with van der Waals surface area (Å²) in [5, 5.41) is 9.73. The summed E-state index contributed by atoms with van der Waals surface area (Å²) in [4.78, 5) is 17.2. The fourth-order valence-corrected chi connectivity index (χ4v) is 5.20. The number of carbonyl (C=O) groups is 1. The molecule has 0 aliphatic carbocycles. The smallest absolute Gasteiger partial charge is 0.332 e. The SMILES string of the molecule is CO[C@H]1C[C@H](O)O[C@@H](C)[C@@H]1OC(=O)COCCN1CCN(C(c2ccccc2)c2ccc(C)cc2)CC1. The number of aliphatic hydroxyl groups excluding tert-OH is 1. The lowest BCUT2D eigenvalue weighted by molar-refractivity contribution is -0.241. The van der Waals surface area contributed by atoms with Crippen LogP contribution >= 0.6 is 0 Å². The lowest BCUT2D eigenvalue weighted by atomic mass is 9.95. The molecule has 1 N–H and O–H groups in total. The van der Waals surface area contributed by atoms with Gasteiger partial charge >= 0.3 is 5.97 Å². The van der Waals surface area contributed by atoms with Crippen molar-refractivity contribution in [3.63, 3.8) is 0 Å². The van der Waals surface area contributed by atoms with Gasteiger partial charge in [-0.25, -0.2) is 4.79 Å². The molecule has 2 aromatic rings. The number of rotatable bonds is 10. The van der Waals surface area contributed by atoms with Crippen LogP contribution in [0.15, 0.2) is 54.6 Å². The second-order valence-corrected chi connectivity index (χ2v) is 9.91. The number of aliphatic hydroxyl groups is 1. The van der Waals surface area contributed by atoms with Gasteiger partial charge in [-0.15, -0.1) is 0 Å². The molecule has 0 aromatic heterocycles. The Morgan fingerprint density at radius 3 is 2.41 bits per heavy atom. The van der Waals surface area contributed by atoms with Crippen LogP contribution in [0.2, 0.25) is 0 Å². The van der Waals surface area contributed by atoms with E-state index < -0.39 is 30.6 Å². The van der Waals surface area contributed by atoms with Crippen LogP contribution in [0.25, 0.3) is 0 Å². The Labute approximate surface area is 220 Å². The standard InChI is InChI=1S/C29H40N2O6/c1-21-9-11-24(12-10-21)28(23-7-5-4-6-8-23)31-15-13-30(14-16-31)17-18-35-20-27(33)37-29-22(2)36-26(32)19-25(29)34-3/h4-12,22,25-26,28-29,32H,13-20H2,1-3H3/t22-,25-,26+,28?,29-/m0/s1. The van der Waals surface area contributed by atoms with Crippen molar-refractivity contribution in [3.05, 3.63) is 71.3 Å². The highest BCUT2D eigenvalue weighted by Crippen LogP contribution is 2.30. The molecule has 0 radical (unpaired) electrons. The van der Waals surface area contributed by atoms with Crippen LogP contribution in [0.5, 0.6) is 0 Å². The quantitative estimate of drug-likeness (QED) is 0.385. The maximum atomic E-state index is 12.3. The number of hydrogen-bond acceptors (Lipinski definition) is 8. The Hall–Kier alpha value is -2.33. The van der Waals surface area contributed by atoms with Crippen molar-refractivity contribution < 1.29 is 28.8 Å². The number of esters is 1. The molecule has 0 bridgehead atoms. The Morgan fingerprint density at radius 2 is 1.73 bits per heavy atom. The van der Waals surface area contributed by atoms with Gasteiger partial charge in [-0.05, 0) is 25.0 Å². The van der Waals surface area contributed by atoms with Gasteiger partial charge in [-0.3, -0.25) is 9.80 Å². The molecule has 0 amide bonds. The Morgan fingerprint density at radius 1 is 1.05 bits per heavy atom. The summed E-state index contributed by atoms with van der Waals surface area (Å²) in [5.74, 6) is -0.451. The third-order valence-electron chi connectivity index (χ3n) is 7.26. The first-order chi connectivity index (χ1) is 17.9. The van der Waals surface area contributed by atoms with Crippen molar-refractivity contribution in [1.29, 1.82) is 0 Å². The average molecular weight is 513 g/mol. The average Bonchev–Trinajstić information content (AvgIpc) is 2.91. The van der Waals surface area contributed by atoms with Gasteiger partial charge in [0.15, 0.2) is 12.4 Å². The van der Waals surface area contributed by atoms with Crippen molar-refractivity contribution >= 4 is 5.97 Å². The first-order valence-electron chi connectivity index (χ1n) is 13.2. The monoisotopic (exact) mass is 512 g/mol. The molecule has 5 atom stereocenters. The van der Waals surface area contributed by atoms with Gasteiger partial charge in [0.2, 0.25) is 0 Å². The maximum Gasteiger partial charge on any atom is 0.332 e. The highest BCUT2D eigenvalue weighted by molar-refractivity contribution is 5.71. The summed E-state index contributed by atoms with van der Waals surface area (Å²) in [6.45, 7) is 8.78. The molecule has 202 valence electrons. The first kappa shape index (κ1) is 27.7. The second kappa shape index (κ2) is 13.5. The van der Waals surface area contributed by atoms with Crippen LogP contribution in [0.1, 0.15) is 36.1 Å². The number of nitrogens with zero attached hydrogens (tertiary/aromatic N) is 2. The number of piperazine rings is 1. The van der Waals surface area contributed by atoms with Crippen molar-refractivity contribution in [1.82, 2.24) is 9.80 Å². The fraction of sp³-hybridized carbons (Fsp3) is 0.552. The topological polar surface area (TPSA) is 80.7 Å². The number of methoxy groups -OCH3 is 1. The molecule has 37 heavy (non-hydrogen) atoms. The number of carbonyl (C=O) groups excluding carboxylic acids is 1. The largest absolute Gasteiger partial charge is 0.455 e. The van der Waals surface area contributed by atoms with Gasteiger partial charge in [0, 0.05) is 46.3 Å². The molecular weight excluding hydrogens is 472 g/mol. The third kappa shape index (κ3) is 7.60. The number of hydrogen-bond donors (Lipinski definition) is 1. The van der Waals surface area contributed by atoms with Crippen molar-refractivity contribution in [2.45, 2.75) is 50.9 Å². The minimum atomic E-state index is -0.911. The number of benzene rings is 2. The van der Waals surface area contributed by atoms with E-state index in [9.17, 15) is 9.90 Å². The molecule has 4 rings (SSSR count). The Kier molecular flexibility index (Phi) is 10.1. The fourth-order valence-electron chi connectivity index (χ4n) is 5.20. The zero-order valence-electron chi connectivity index (χ0n) is 22.1. The highest BCUT2D eigenvalue weighted by atomic mass is 16.6. The molecule has 2 heterocycles. The van der Waals surface area contributed by atoms with E-state index in [1.807, 2.05) is 0 Å². The van der Waals surface area contributed by atoms with E-state index in [1.165, 1.54) is 23.8 Å². The molecular formula is C29H40N2O6. The van der Waals surface area contributed by atoms with Crippen LogP contribution in [0.4, 0.5) is 0 Å². The maximum absolute atomic E-state index is 12.3. The van der Waals surface area contributed by atoms with Gasteiger partial charge in [0.05, 0.1) is 18.8 Å². The Balaban J connectivity index is 1.21. The van der Waals surface area contributed by atoms with E-state index in [-0.39, 0.29) is 19.1 Å². The molecule has 0 saturated carbocycles. The minimum Gasteiger partial charge on any atom is -0.455 e. The van der Waals surface area contributed by atoms with E-state index in [0.717, 1.165) is 32.7 Å². The molecule has 2 fully saturated rings. The van der Waals surface area contributed by atoms with Crippen LogP contribution in [-0.4, -0.2) is 98.5 Å². The molecule has 2 saturated heterocycles. The van der Waals surface area contributed by atoms with Crippen LogP contribution in [-0.2, 0) is 23.7 Å². The minimum absolute atomic E-state index is 0.119. The lowest BCUT2D eigenvalue weighted by Gasteiger charge is -2.39. The van der Waals surface area contributed by atoms with Gasteiger partial charge < -0.3 is 24.1 Å². The van der Waals surface area contributed by atoms with E-state index in [2.05, 4.69) is 71.3 Å². The van der Waals surface area contributed by atoms with Crippen LogP contribution < -0.4 is 0 Å². The van der Waals surface area contributed by atoms with E-state index >= 15 is 0 Å². The zero-order valence-corrected chi connectivity index (χ0v) is 22.1. The van der Waals surface area contributed by atoms with Gasteiger partial charge in [0.1, 0.15) is 12.7 Å². The lowest BCUT2D eigenvalue weighted by Crippen LogP contribution is -2.50. The van der Waals surface area contributed by atoms with Gasteiger partial charge in [-0.1, -0.05) is 60.2 Å². The highest BCUT2D eigenvalue weighted by Gasteiger charge is 2.38. The van der Waals surface area contributed by atoms with E-state index in [0.29, 0.717) is 6.61 Å². The van der Waals surface area contributed by atoms with Gasteiger partial charge in [0.25, 0.3) is 0 Å². The molecule has 1 unspecified atom stereocenters. The normalized spacial score (nSPS) is 26.1. The summed E-state index contributed by atoms with van der Waals surface area (Å²) in [6, 6.07) is 19.8. The molecule has 8 nitrogen and oxygen atoms in total. The predicted octanol–water partition coefficient (Wildman–Crippen LogP) is 2.77. The van der Waals surface area contributed by atoms with Crippen molar-refractivity contribution in [2.24, 2.45) is 0 Å². The van der Waals surface area contributed by atoms with E-state index in [1.54, 1.807) is 6.92 Å². The predicted molar refractivity (Wildman–Crippen MR) is 140 cm³/mol. The summed E-state index contributed by atoms with van der Waals surface area (Å²) in [5.41, 5.74) is 3.89. The number of aryl methyl sites for hydroxylation is 1. The summed E-state index contributed by atoms with van der Waals surface area (Å²) in [7, 11) is 1.54. The van der Waals surface area contributed by atoms with Crippen LogP contribution in [0.3, 0.4) is 0 Å². The zero-order chi connectivity index (χ0) is 26.2. The Bertz CT molecular complexity index is 964. The molecule has 2 aliphatic heterocycles. The molecule has 2 aliphatic rings. The molecule has 2 aromatic carbocycles. The summed E-state index contributed by atoms with van der Waals surface area (Å²) in [6.07, 6.45) is -2.07. The van der Waals surface area contributed by atoms with Gasteiger partial charge in [-0.2, -0.15) is 0 Å². The summed E-state index contributed by atoms with van der Waals surface area (Å²) < 4.78 is 21.9. The molecule has 0 spiro atoms. The second-order valence-electron chi connectivity index (χ2n) is 9.91. The van der Waals surface area contributed by atoms with Crippen molar-refractivity contribution in [2.75, 3.05) is 53.0 Å². The van der Waals surface area contributed by atoms with Crippen LogP contribution in [0, 0.1) is 6.92 Å². The third-order valence-corrected chi connectivity index (χ3v) is 7.26. The van der Waals surface area contributed by atoms with Crippen molar-refractivity contribution in [3.8, 4) is 0 Å². The number of ether oxygens (including phenoxy) is 4. The molecule has 8 heteroatoms. The summed E-state index contributed by atoms with van der Waals surface area (Å²) >= 11 is 0.